The number of nitrogens with one attached hydrogen (secondary N) is 5. The first-order valence-electron chi connectivity index (χ1n) is 30.5. The second kappa shape index (κ2) is 31.8. The minimum Gasteiger partial charge on any atom is -0.476 e. The fourth-order valence-corrected chi connectivity index (χ4v) is 13.8. The van der Waals surface area contributed by atoms with Crippen LogP contribution in [0.5, 0.6) is 11.8 Å². The molecule has 0 aromatic carbocycles. The van der Waals surface area contributed by atoms with Gasteiger partial charge in [-0.3, -0.25) is 9.59 Å². The van der Waals surface area contributed by atoms with Crippen molar-refractivity contribution >= 4 is 79.1 Å². The summed E-state index contributed by atoms with van der Waals surface area (Å²) in [6.07, 6.45) is 12.4. The van der Waals surface area contributed by atoms with Gasteiger partial charge in [-0.15, -0.1) is 22.6 Å². The number of pyridine rings is 4. The van der Waals surface area contributed by atoms with E-state index in [1.165, 1.54) is 65.0 Å². The fraction of sp³-hybridized carbons (Fsp3) is 0.556. The van der Waals surface area contributed by atoms with E-state index in [1.807, 2.05) is 4.72 Å². The molecule has 1 saturated carbocycles. The number of sulfonamides is 2. The molecular formula is C63H90Cl3N13O8S2. The van der Waals surface area contributed by atoms with Crippen LogP contribution in [0.15, 0.2) is 95.2 Å². The summed E-state index contributed by atoms with van der Waals surface area (Å²) in [7, 11) is -8.53. The topological polar surface area (TPSA) is 268 Å². The lowest BCUT2D eigenvalue weighted by molar-refractivity contribution is 0.0972. The van der Waals surface area contributed by atoms with Crippen LogP contribution in [0, 0.1) is 52.8 Å². The molecule has 0 bridgehead atoms. The monoisotopic (exact) mass is 1330 g/mol. The van der Waals surface area contributed by atoms with Gasteiger partial charge in [0.1, 0.15) is 21.9 Å². The smallest absolute Gasteiger partial charge is 0.281 e. The van der Waals surface area contributed by atoms with Gasteiger partial charge in [0.2, 0.25) is 11.8 Å². The number of nitrogens with zero attached hydrogens (tertiary/aromatic N) is 8. The molecule has 488 valence electrons. The average Bonchev–Trinajstić information content (AvgIpc) is 3.87. The van der Waals surface area contributed by atoms with Crippen LogP contribution in [0.25, 0.3) is 11.6 Å². The van der Waals surface area contributed by atoms with Gasteiger partial charge in [0, 0.05) is 43.2 Å². The predicted octanol–water partition coefficient (Wildman–Crippen LogP) is 12.5. The zero-order valence-corrected chi connectivity index (χ0v) is 57.2. The van der Waals surface area contributed by atoms with Crippen LogP contribution in [0.1, 0.15) is 155 Å². The van der Waals surface area contributed by atoms with Gasteiger partial charge in [0.05, 0.1) is 24.3 Å². The summed E-state index contributed by atoms with van der Waals surface area (Å²) in [5, 5.41) is 17.9. The number of amides is 2. The number of carbonyl (C=O) groups excluding carboxylic acids is 2. The summed E-state index contributed by atoms with van der Waals surface area (Å²) >= 11 is 12.6. The SMILES string of the molecule is CC(C)C(COc1ccn(-c2ccc(C(=O)NS(=O)(=O)c3cccc(NCCC[C@@H]4CCC(C)(C)C4)n3)c(Cl)n2)n1)C(C)C.CC(C)C(COc1ccn(-c2ccc(C(=O)NS(=O)(=O)c3cccc(NCCC[C@@H]4CNC(C)(C)C4)n3)c(Cl)n2)n1)C(C)C.Cl. The summed E-state index contributed by atoms with van der Waals surface area (Å²) in [4.78, 5) is 42.8. The second-order valence-corrected chi connectivity index (χ2v) is 30.0. The molecule has 2 atom stereocenters. The van der Waals surface area contributed by atoms with E-state index in [-0.39, 0.29) is 49.4 Å². The Balaban J connectivity index is 0.000000281. The molecule has 5 N–H and O–H groups in total. The van der Waals surface area contributed by atoms with Crippen molar-refractivity contribution in [2.24, 2.45) is 52.8 Å². The van der Waals surface area contributed by atoms with E-state index in [4.69, 9.17) is 32.7 Å². The van der Waals surface area contributed by atoms with Crippen molar-refractivity contribution in [3.8, 4) is 23.4 Å². The summed E-state index contributed by atoms with van der Waals surface area (Å²) in [5.74, 6) is 4.63. The van der Waals surface area contributed by atoms with Crippen LogP contribution in [0.3, 0.4) is 0 Å². The van der Waals surface area contributed by atoms with Gasteiger partial charge in [-0.25, -0.2) is 38.7 Å². The van der Waals surface area contributed by atoms with Gasteiger partial charge >= 0.3 is 0 Å². The fourth-order valence-electron chi connectivity index (χ4n) is 11.5. The van der Waals surface area contributed by atoms with Crippen molar-refractivity contribution in [1.29, 1.82) is 0 Å². The predicted molar refractivity (Wildman–Crippen MR) is 352 cm³/mol. The number of aromatic nitrogens is 8. The van der Waals surface area contributed by atoms with Gasteiger partial charge in [-0.1, -0.05) is 105 Å². The van der Waals surface area contributed by atoms with Gasteiger partial charge in [0.25, 0.3) is 31.9 Å². The highest BCUT2D eigenvalue weighted by Crippen LogP contribution is 2.42. The molecule has 21 nitrogen and oxygen atoms in total. The molecule has 0 radical (unpaired) electrons. The molecule has 0 spiro atoms. The number of hydrogen-bond donors (Lipinski definition) is 5. The second-order valence-electron chi connectivity index (χ2n) is 26.0. The first kappa shape index (κ1) is 72.0. The van der Waals surface area contributed by atoms with Crippen LogP contribution >= 0.6 is 35.6 Å². The van der Waals surface area contributed by atoms with Gasteiger partial charge < -0.3 is 25.4 Å². The lowest BCUT2D eigenvalue weighted by Gasteiger charge is -2.24. The molecule has 89 heavy (non-hydrogen) atoms. The largest absolute Gasteiger partial charge is 0.476 e. The maximum absolute atomic E-state index is 13.0. The van der Waals surface area contributed by atoms with Crippen molar-refractivity contribution in [2.75, 3.05) is 43.5 Å². The minimum atomic E-state index is -4.27. The Morgan fingerprint density at radius 1 is 0.607 bits per heavy atom. The molecule has 7 heterocycles. The maximum Gasteiger partial charge on any atom is 0.281 e. The Labute approximate surface area is 542 Å². The van der Waals surface area contributed by atoms with Gasteiger partial charge in [-0.05, 0) is 173 Å². The zero-order chi connectivity index (χ0) is 64.1. The molecule has 2 amide bonds. The van der Waals surface area contributed by atoms with E-state index < -0.39 is 31.9 Å². The molecule has 1 aliphatic carbocycles. The van der Waals surface area contributed by atoms with Crippen molar-refractivity contribution < 1.29 is 35.9 Å². The molecule has 1 aliphatic heterocycles. The first-order chi connectivity index (χ1) is 41.5. The Hall–Kier alpha value is -6.11. The Morgan fingerprint density at radius 2 is 1.03 bits per heavy atom. The van der Waals surface area contributed by atoms with E-state index in [2.05, 4.69) is 134 Å². The highest BCUT2D eigenvalue weighted by molar-refractivity contribution is 7.90. The molecule has 1 saturated heterocycles. The van der Waals surface area contributed by atoms with Crippen LogP contribution in [-0.4, -0.2) is 107 Å². The Morgan fingerprint density at radius 3 is 1.40 bits per heavy atom. The number of anilines is 2. The minimum absolute atomic E-state index is 0. The van der Waals surface area contributed by atoms with Crippen LogP contribution in [-0.2, 0) is 20.0 Å². The molecule has 6 aromatic heterocycles. The van der Waals surface area contributed by atoms with Gasteiger partial charge in [-0.2, -0.15) is 16.8 Å². The number of rotatable bonds is 28. The molecule has 0 unspecified atom stereocenters. The number of halogens is 3. The van der Waals surface area contributed by atoms with Crippen LogP contribution < -0.4 is 34.9 Å². The molecular weight excluding hydrogens is 1240 g/mol. The van der Waals surface area contributed by atoms with E-state index in [9.17, 15) is 26.4 Å². The van der Waals surface area contributed by atoms with Crippen LogP contribution in [0.2, 0.25) is 10.3 Å². The number of carbonyl (C=O) groups is 2. The first-order valence-corrected chi connectivity index (χ1v) is 34.2. The molecule has 2 fully saturated rings. The van der Waals surface area contributed by atoms with Crippen molar-refractivity contribution in [3.63, 3.8) is 0 Å². The van der Waals surface area contributed by atoms with Crippen molar-refractivity contribution in [1.82, 2.24) is 54.3 Å². The standard InChI is InChI=1S/C32H45ClN6O4S.C31H44ClN7O4S.ClH/c1-21(2)25(22(3)4)20-43-28-15-18-39(37-28)27-13-12-24(30(33)36-27)31(40)38-44(41,42)29-11-7-10-26(35-29)34-17-8-9-23-14-16-32(5,6)19-23;1-20(2)24(21(3)4)19-43-27-14-16-39(37-27)26-13-12-23(29(32)36-26)30(40)38-44(41,42)28-11-7-10-25(35-28)33-15-8-9-22-17-31(5,6)34-18-22;/h7,10-13,15,18,21-23,25H,8-9,14,16-17,19-20H2,1-6H3,(H,34,35)(H,38,40);7,10-14,16,20-22,24,34H,8-9,15,17-19H2,1-6H3,(H,33,35)(H,38,40);1H/t23-;22-;/m10./s1. The molecule has 8 rings (SSSR count). The van der Waals surface area contributed by atoms with E-state index in [1.54, 1.807) is 48.8 Å². The van der Waals surface area contributed by atoms with Gasteiger partial charge in [0.15, 0.2) is 21.7 Å². The molecule has 26 heteroatoms. The number of ether oxygens (including phenoxy) is 2. The lowest BCUT2D eigenvalue weighted by Crippen LogP contribution is -2.31. The Bertz CT molecular complexity index is 3300. The zero-order valence-electron chi connectivity index (χ0n) is 53.2. The van der Waals surface area contributed by atoms with E-state index in [0.29, 0.717) is 108 Å². The normalized spacial score (nSPS) is 16.4. The molecule has 2 aliphatic rings. The summed E-state index contributed by atoms with van der Waals surface area (Å²) < 4.78 is 70.9. The summed E-state index contributed by atoms with van der Waals surface area (Å²) in [5.41, 5.74) is 0.416. The lowest BCUT2D eigenvalue weighted by atomic mass is 9.86. The summed E-state index contributed by atoms with van der Waals surface area (Å²) in [6.45, 7) is 29.9. The van der Waals surface area contributed by atoms with Crippen LogP contribution in [0.4, 0.5) is 11.6 Å². The summed E-state index contributed by atoms with van der Waals surface area (Å²) in [6, 6.07) is 18.6. The number of hydrogen-bond acceptors (Lipinski definition) is 17. The third-order valence-electron chi connectivity index (χ3n) is 16.4. The van der Waals surface area contributed by atoms with Crippen molar-refractivity contribution in [3.05, 3.63) is 107 Å². The average molecular weight is 1330 g/mol. The maximum atomic E-state index is 13.0. The quantitative estimate of drug-likeness (QED) is 0.0226. The molecule has 6 aromatic rings. The third kappa shape index (κ3) is 21.0. The third-order valence-corrected chi connectivity index (χ3v) is 19.5. The van der Waals surface area contributed by atoms with Crippen molar-refractivity contribution in [2.45, 2.75) is 150 Å². The highest BCUT2D eigenvalue weighted by atomic mass is 35.5. The van der Waals surface area contributed by atoms with E-state index in [0.717, 1.165) is 44.6 Å². The highest BCUT2D eigenvalue weighted by Gasteiger charge is 2.32. The van der Waals surface area contributed by atoms with E-state index >= 15 is 0 Å². The Kier molecular flexibility index (Phi) is 25.7.